The van der Waals surface area contributed by atoms with E-state index in [2.05, 4.69) is 33.9 Å². The second-order valence-electron chi connectivity index (χ2n) is 7.36. The molecule has 24 heavy (non-hydrogen) atoms. The first-order valence-electron chi connectivity index (χ1n) is 8.81. The molecule has 2 heterocycles. The average Bonchev–Trinajstić information content (AvgIpc) is 2.55. The predicted octanol–water partition coefficient (Wildman–Crippen LogP) is 1.08. The standard InChI is InChI=1S/C18H31N5O/c1-15(2)12-18(3,14-19)21-17(24)13-22-8-10-23(11-9-22)16-6-4-5-7-20-16/h4-7,15H,8-14,19H2,1-3H3,(H,21,24). The van der Waals surface area contributed by atoms with Crippen molar-refractivity contribution >= 4 is 11.7 Å². The molecule has 1 aromatic heterocycles. The molecule has 1 fully saturated rings. The molecule has 0 bridgehead atoms. The van der Waals surface area contributed by atoms with Crippen LogP contribution in [0.3, 0.4) is 0 Å². The Morgan fingerprint density at radius 1 is 1.33 bits per heavy atom. The van der Waals surface area contributed by atoms with Gasteiger partial charge >= 0.3 is 0 Å². The van der Waals surface area contributed by atoms with Crippen LogP contribution in [0.2, 0.25) is 0 Å². The van der Waals surface area contributed by atoms with Gasteiger partial charge in [-0.3, -0.25) is 9.69 Å². The van der Waals surface area contributed by atoms with Crippen molar-refractivity contribution in [1.82, 2.24) is 15.2 Å². The molecule has 0 saturated carbocycles. The number of aromatic nitrogens is 1. The fourth-order valence-electron chi connectivity index (χ4n) is 3.34. The zero-order chi connectivity index (χ0) is 17.6. The van der Waals surface area contributed by atoms with Crippen LogP contribution >= 0.6 is 0 Å². The van der Waals surface area contributed by atoms with Gasteiger partial charge in [0.2, 0.25) is 5.91 Å². The Labute approximate surface area is 145 Å². The van der Waals surface area contributed by atoms with Gasteiger partial charge in [-0.05, 0) is 31.4 Å². The number of nitrogens with two attached hydrogens (primary N) is 1. The maximum atomic E-state index is 12.4. The largest absolute Gasteiger partial charge is 0.354 e. The number of pyridine rings is 1. The van der Waals surface area contributed by atoms with Crippen LogP contribution in [-0.4, -0.2) is 60.6 Å². The van der Waals surface area contributed by atoms with E-state index in [9.17, 15) is 4.79 Å². The quantitative estimate of drug-likeness (QED) is 0.781. The van der Waals surface area contributed by atoms with Gasteiger partial charge in [0.15, 0.2) is 0 Å². The number of piperazine rings is 1. The van der Waals surface area contributed by atoms with E-state index in [0.717, 1.165) is 38.4 Å². The summed E-state index contributed by atoms with van der Waals surface area (Å²) in [6.45, 7) is 10.8. The Morgan fingerprint density at radius 3 is 2.58 bits per heavy atom. The minimum atomic E-state index is -0.318. The van der Waals surface area contributed by atoms with Crippen molar-refractivity contribution < 1.29 is 4.79 Å². The number of hydrogen-bond acceptors (Lipinski definition) is 5. The molecular formula is C18H31N5O. The lowest BCUT2D eigenvalue weighted by atomic mass is 9.90. The third kappa shape index (κ3) is 5.46. The minimum Gasteiger partial charge on any atom is -0.354 e. The first kappa shape index (κ1) is 18.7. The van der Waals surface area contributed by atoms with Crippen molar-refractivity contribution in [1.29, 1.82) is 0 Å². The fraction of sp³-hybridized carbons (Fsp3) is 0.667. The number of carbonyl (C=O) groups is 1. The van der Waals surface area contributed by atoms with E-state index in [1.807, 2.05) is 31.3 Å². The molecule has 0 aromatic carbocycles. The molecule has 0 spiro atoms. The van der Waals surface area contributed by atoms with Gasteiger partial charge in [-0.2, -0.15) is 0 Å². The molecule has 1 aliphatic heterocycles. The molecule has 1 saturated heterocycles. The monoisotopic (exact) mass is 333 g/mol. The second-order valence-corrected chi connectivity index (χ2v) is 7.36. The van der Waals surface area contributed by atoms with E-state index in [-0.39, 0.29) is 11.4 Å². The van der Waals surface area contributed by atoms with Crippen LogP contribution in [0.5, 0.6) is 0 Å². The van der Waals surface area contributed by atoms with E-state index in [0.29, 0.717) is 19.0 Å². The first-order chi connectivity index (χ1) is 11.4. The summed E-state index contributed by atoms with van der Waals surface area (Å²) in [6.07, 6.45) is 2.71. The SMILES string of the molecule is CC(C)CC(C)(CN)NC(=O)CN1CCN(c2ccccn2)CC1. The number of hydrogen-bond donors (Lipinski definition) is 2. The van der Waals surface area contributed by atoms with Gasteiger partial charge in [0.25, 0.3) is 0 Å². The van der Waals surface area contributed by atoms with E-state index >= 15 is 0 Å². The Balaban J connectivity index is 1.80. The van der Waals surface area contributed by atoms with Gasteiger partial charge in [-0.1, -0.05) is 19.9 Å². The molecule has 2 rings (SSSR count). The second kappa shape index (κ2) is 8.44. The summed E-state index contributed by atoms with van der Waals surface area (Å²) in [5.74, 6) is 1.57. The maximum absolute atomic E-state index is 12.4. The highest BCUT2D eigenvalue weighted by Gasteiger charge is 2.27. The Hall–Kier alpha value is -1.66. The van der Waals surface area contributed by atoms with Gasteiger partial charge in [0.05, 0.1) is 6.54 Å². The fourth-order valence-corrected chi connectivity index (χ4v) is 3.34. The average molecular weight is 333 g/mol. The number of anilines is 1. The lowest BCUT2D eigenvalue weighted by Gasteiger charge is -2.36. The summed E-state index contributed by atoms with van der Waals surface area (Å²) < 4.78 is 0. The van der Waals surface area contributed by atoms with Crippen molar-refractivity contribution in [2.75, 3.05) is 44.2 Å². The molecule has 1 aliphatic rings. The summed E-state index contributed by atoms with van der Waals surface area (Å²) in [5, 5.41) is 3.13. The highest BCUT2D eigenvalue weighted by atomic mass is 16.2. The van der Waals surface area contributed by atoms with Crippen molar-refractivity contribution in [2.24, 2.45) is 11.7 Å². The van der Waals surface area contributed by atoms with Crippen LogP contribution in [0, 0.1) is 5.92 Å². The van der Waals surface area contributed by atoms with Gasteiger partial charge in [-0.15, -0.1) is 0 Å². The summed E-state index contributed by atoms with van der Waals surface area (Å²) >= 11 is 0. The van der Waals surface area contributed by atoms with Crippen molar-refractivity contribution in [3.05, 3.63) is 24.4 Å². The number of nitrogens with one attached hydrogen (secondary N) is 1. The molecule has 134 valence electrons. The molecule has 1 unspecified atom stereocenters. The highest BCUT2D eigenvalue weighted by Crippen LogP contribution is 2.16. The van der Waals surface area contributed by atoms with Crippen LogP contribution in [0.1, 0.15) is 27.2 Å². The number of nitrogens with zero attached hydrogens (tertiary/aromatic N) is 3. The lowest BCUT2D eigenvalue weighted by molar-refractivity contribution is -0.124. The van der Waals surface area contributed by atoms with Crippen LogP contribution in [0.15, 0.2) is 24.4 Å². The Kier molecular flexibility index (Phi) is 6.57. The first-order valence-corrected chi connectivity index (χ1v) is 8.81. The smallest absolute Gasteiger partial charge is 0.234 e. The zero-order valence-electron chi connectivity index (χ0n) is 15.2. The lowest BCUT2D eigenvalue weighted by Crippen LogP contribution is -2.56. The minimum absolute atomic E-state index is 0.0647. The third-order valence-corrected chi connectivity index (χ3v) is 4.46. The van der Waals surface area contributed by atoms with Crippen molar-refractivity contribution in [3.63, 3.8) is 0 Å². The molecule has 6 heteroatoms. The van der Waals surface area contributed by atoms with Gasteiger partial charge in [0, 0.05) is 44.5 Å². The summed E-state index contributed by atoms with van der Waals surface area (Å²) in [6, 6.07) is 5.96. The van der Waals surface area contributed by atoms with E-state index < -0.39 is 0 Å². The summed E-state index contributed by atoms with van der Waals surface area (Å²) in [4.78, 5) is 21.2. The molecule has 6 nitrogen and oxygen atoms in total. The molecule has 1 atom stereocenters. The van der Waals surface area contributed by atoms with Gasteiger partial charge in [0.1, 0.15) is 5.82 Å². The summed E-state index contributed by atoms with van der Waals surface area (Å²) in [5.41, 5.74) is 5.56. The Morgan fingerprint density at radius 2 is 2.04 bits per heavy atom. The highest BCUT2D eigenvalue weighted by molar-refractivity contribution is 5.79. The molecule has 0 radical (unpaired) electrons. The van der Waals surface area contributed by atoms with E-state index in [1.165, 1.54) is 0 Å². The zero-order valence-corrected chi connectivity index (χ0v) is 15.2. The number of rotatable bonds is 7. The van der Waals surface area contributed by atoms with Gasteiger partial charge < -0.3 is 16.0 Å². The number of amides is 1. The Bertz CT molecular complexity index is 513. The molecular weight excluding hydrogens is 302 g/mol. The van der Waals surface area contributed by atoms with E-state index in [1.54, 1.807) is 0 Å². The molecule has 0 aliphatic carbocycles. The van der Waals surface area contributed by atoms with Crippen molar-refractivity contribution in [3.8, 4) is 0 Å². The topological polar surface area (TPSA) is 74.5 Å². The van der Waals surface area contributed by atoms with Crippen LogP contribution in [0.25, 0.3) is 0 Å². The molecule has 1 amide bonds. The van der Waals surface area contributed by atoms with Crippen molar-refractivity contribution in [2.45, 2.75) is 32.7 Å². The normalized spacial score (nSPS) is 18.5. The molecule has 1 aromatic rings. The van der Waals surface area contributed by atoms with Gasteiger partial charge in [-0.25, -0.2) is 4.98 Å². The van der Waals surface area contributed by atoms with E-state index in [4.69, 9.17) is 5.73 Å². The third-order valence-electron chi connectivity index (χ3n) is 4.46. The maximum Gasteiger partial charge on any atom is 0.234 e. The predicted molar refractivity (Wildman–Crippen MR) is 97.9 cm³/mol. The summed E-state index contributed by atoms with van der Waals surface area (Å²) in [7, 11) is 0. The van der Waals surface area contributed by atoms with Crippen LogP contribution in [-0.2, 0) is 4.79 Å². The van der Waals surface area contributed by atoms with Crippen LogP contribution < -0.4 is 16.0 Å². The van der Waals surface area contributed by atoms with Crippen LogP contribution in [0.4, 0.5) is 5.82 Å². The number of carbonyl (C=O) groups excluding carboxylic acids is 1. The molecule has 3 N–H and O–H groups in total.